The zero-order chi connectivity index (χ0) is 18.0. The van der Waals surface area contributed by atoms with Gasteiger partial charge in [0.05, 0.1) is 17.8 Å². The van der Waals surface area contributed by atoms with Gasteiger partial charge in [0, 0.05) is 24.5 Å². The number of carbonyl (C=O) groups excluding carboxylic acids is 2. The molecule has 7 nitrogen and oxygen atoms in total. The number of benzene rings is 1. The Hall–Kier alpha value is -2.96. The molecule has 1 saturated carbocycles. The Labute approximate surface area is 146 Å². The molecule has 1 aliphatic rings. The molecular formula is C18H21N5O2. The number of carbonyl (C=O) groups is 2. The van der Waals surface area contributed by atoms with Gasteiger partial charge in [-0.25, -0.2) is 4.68 Å². The van der Waals surface area contributed by atoms with Crippen LogP contribution in [0.15, 0.2) is 49.3 Å². The molecule has 0 radical (unpaired) electrons. The number of nitrogens with zero attached hydrogens (tertiary/aromatic N) is 4. The van der Waals surface area contributed by atoms with E-state index in [-0.39, 0.29) is 23.4 Å². The lowest BCUT2D eigenvalue weighted by atomic mass is 10.1. The summed E-state index contributed by atoms with van der Waals surface area (Å²) >= 11 is 0. The predicted octanol–water partition coefficient (Wildman–Crippen LogP) is 1.73. The second kappa shape index (κ2) is 6.51. The van der Waals surface area contributed by atoms with E-state index in [9.17, 15) is 9.59 Å². The van der Waals surface area contributed by atoms with Gasteiger partial charge >= 0.3 is 0 Å². The number of likely N-dealkylation sites (N-methyl/N-ethyl adjacent to an activating group) is 1. The Morgan fingerprint density at radius 1 is 1.36 bits per heavy atom. The molecule has 0 aliphatic heterocycles. The molecule has 3 rings (SSSR count). The number of anilines is 1. The van der Waals surface area contributed by atoms with Gasteiger partial charge in [-0.3, -0.25) is 9.59 Å². The molecule has 1 atom stereocenters. The topological polar surface area (TPSA) is 80.1 Å². The molecule has 1 heterocycles. The van der Waals surface area contributed by atoms with Crippen molar-refractivity contribution in [2.45, 2.75) is 31.3 Å². The van der Waals surface area contributed by atoms with Crippen LogP contribution in [0.5, 0.6) is 0 Å². The van der Waals surface area contributed by atoms with Crippen molar-refractivity contribution in [3.63, 3.8) is 0 Å². The summed E-state index contributed by atoms with van der Waals surface area (Å²) in [5.41, 5.74) is 1.07. The van der Waals surface area contributed by atoms with Crippen molar-refractivity contribution in [2.24, 2.45) is 0 Å². The lowest BCUT2D eigenvalue weighted by Gasteiger charge is -2.24. The zero-order valence-corrected chi connectivity index (χ0v) is 14.3. The van der Waals surface area contributed by atoms with Gasteiger partial charge in [-0.2, -0.15) is 0 Å². The summed E-state index contributed by atoms with van der Waals surface area (Å²) in [6, 6.07) is 6.83. The molecule has 2 amide bonds. The van der Waals surface area contributed by atoms with Crippen LogP contribution in [0.4, 0.5) is 5.69 Å². The molecule has 7 heteroatoms. The Morgan fingerprint density at radius 2 is 2.04 bits per heavy atom. The lowest BCUT2D eigenvalue weighted by molar-refractivity contribution is -0.113. The summed E-state index contributed by atoms with van der Waals surface area (Å²) in [7, 11) is 1.66. The highest BCUT2D eigenvalue weighted by atomic mass is 16.2. The van der Waals surface area contributed by atoms with E-state index in [1.54, 1.807) is 37.5 Å². The second-order valence-electron chi connectivity index (χ2n) is 6.29. The molecule has 1 unspecified atom stereocenters. The van der Waals surface area contributed by atoms with Gasteiger partial charge in [0.25, 0.3) is 5.91 Å². The van der Waals surface area contributed by atoms with E-state index in [2.05, 4.69) is 22.2 Å². The van der Waals surface area contributed by atoms with Gasteiger partial charge < -0.3 is 10.2 Å². The van der Waals surface area contributed by atoms with Gasteiger partial charge in [0.2, 0.25) is 5.91 Å². The first-order valence-corrected chi connectivity index (χ1v) is 8.16. The Bertz CT molecular complexity index is 778. The maximum absolute atomic E-state index is 12.5. The van der Waals surface area contributed by atoms with E-state index in [4.69, 9.17) is 0 Å². The average molecular weight is 339 g/mol. The highest BCUT2D eigenvalue weighted by Crippen LogP contribution is 2.45. The van der Waals surface area contributed by atoms with Crippen LogP contribution in [-0.2, 0) is 10.3 Å². The minimum atomic E-state index is -0.200. The maximum Gasteiger partial charge on any atom is 0.251 e. The number of amides is 2. The van der Waals surface area contributed by atoms with Crippen molar-refractivity contribution < 1.29 is 9.59 Å². The summed E-state index contributed by atoms with van der Waals surface area (Å²) < 4.78 is 1.83. The second-order valence-corrected chi connectivity index (χ2v) is 6.29. The molecule has 0 saturated heterocycles. The minimum absolute atomic E-state index is 0.0635. The normalized spacial score (nSPS) is 15.9. The molecule has 25 heavy (non-hydrogen) atoms. The fourth-order valence-corrected chi connectivity index (χ4v) is 2.95. The maximum atomic E-state index is 12.5. The fraction of sp³-hybridized carbons (Fsp3) is 0.333. The quantitative estimate of drug-likeness (QED) is 0.813. The van der Waals surface area contributed by atoms with E-state index in [0.29, 0.717) is 11.3 Å². The monoisotopic (exact) mass is 339 g/mol. The first-order chi connectivity index (χ1) is 12.0. The molecule has 130 valence electrons. The van der Waals surface area contributed by atoms with Crippen LogP contribution in [0.2, 0.25) is 0 Å². The van der Waals surface area contributed by atoms with Gasteiger partial charge in [-0.1, -0.05) is 11.8 Å². The van der Waals surface area contributed by atoms with Crippen LogP contribution in [0, 0.1) is 0 Å². The van der Waals surface area contributed by atoms with Crippen LogP contribution >= 0.6 is 0 Å². The van der Waals surface area contributed by atoms with Gasteiger partial charge in [-0.05, 0) is 50.1 Å². The highest BCUT2D eigenvalue weighted by Gasteiger charge is 2.50. The van der Waals surface area contributed by atoms with Crippen molar-refractivity contribution in [3.8, 4) is 0 Å². The van der Waals surface area contributed by atoms with Crippen LogP contribution in [0.3, 0.4) is 0 Å². The van der Waals surface area contributed by atoms with Crippen LogP contribution in [0.1, 0.15) is 30.1 Å². The van der Waals surface area contributed by atoms with Crippen LogP contribution in [-0.4, -0.2) is 39.9 Å². The summed E-state index contributed by atoms with van der Waals surface area (Å²) in [4.78, 5) is 25.6. The number of hydrogen-bond donors (Lipinski definition) is 1. The first kappa shape index (κ1) is 16.9. The summed E-state index contributed by atoms with van der Waals surface area (Å²) in [6.45, 7) is 5.45. The largest absolute Gasteiger partial charge is 0.347 e. The summed E-state index contributed by atoms with van der Waals surface area (Å²) in [5, 5.41) is 11.0. The van der Waals surface area contributed by atoms with Gasteiger partial charge in [0.15, 0.2) is 0 Å². The number of nitrogens with one attached hydrogen (secondary N) is 1. The first-order valence-electron chi connectivity index (χ1n) is 8.16. The standard InChI is InChI=1S/C18H21N5O2/c1-4-16(24)22(3)15-7-5-14(6-8-15)17(25)20-13(2)18(9-10-18)23-12-11-19-21-23/h4-8,11-13H,1,9-10H2,2-3H3,(H,20,25). The molecule has 2 aromatic rings. The van der Waals surface area contributed by atoms with Crippen molar-refractivity contribution in [3.05, 3.63) is 54.9 Å². The molecule has 1 aliphatic carbocycles. The summed E-state index contributed by atoms with van der Waals surface area (Å²) in [6.07, 6.45) is 6.66. The van der Waals surface area contributed by atoms with Crippen molar-refractivity contribution in [2.75, 3.05) is 11.9 Å². The SMILES string of the molecule is C=CC(=O)N(C)c1ccc(C(=O)NC(C)C2(n3ccnn3)CC2)cc1. The number of aromatic nitrogens is 3. The molecule has 1 fully saturated rings. The third kappa shape index (κ3) is 3.17. The highest BCUT2D eigenvalue weighted by molar-refractivity contribution is 6.01. The molecule has 1 aromatic carbocycles. The Balaban J connectivity index is 1.67. The van der Waals surface area contributed by atoms with E-state index in [1.807, 2.05) is 17.8 Å². The van der Waals surface area contributed by atoms with E-state index in [0.717, 1.165) is 12.8 Å². The third-order valence-electron chi connectivity index (χ3n) is 4.82. The zero-order valence-electron chi connectivity index (χ0n) is 14.3. The predicted molar refractivity (Wildman–Crippen MR) is 94.2 cm³/mol. The van der Waals surface area contributed by atoms with Crippen LogP contribution in [0.25, 0.3) is 0 Å². The molecule has 1 aromatic heterocycles. The summed E-state index contributed by atoms with van der Waals surface area (Å²) in [5.74, 6) is -0.350. The van der Waals surface area contributed by atoms with Crippen molar-refractivity contribution >= 4 is 17.5 Å². The third-order valence-corrected chi connectivity index (χ3v) is 4.82. The molecule has 0 spiro atoms. The van der Waals surface area contributed by atoms with Crippen molar-refractivity contribution in [1.82, 2.24) is 20.3 Å². The molecule has 0 bridgehead atoms. The van der Waals surface area contributed by atoms with Gasteiger partial charge in [0.1, 0.15) is 0 Å². The fourth-order valence-electron chi connectivity index (χ4n) is 2.95. The van der Waals surface area contributed by atoms with E-state index >= 15 is 0 Å². The number of rotatable bonds is 6. The van der Waals surface area contributed by atoms with E-state index < -0.39 is 0 Å². The Kier molecular flexibility index (Phi) is 4.39. The lowest BCUT2D eigenvalue weighted by Crippen LogP contribution is -2.44. The minimum Gasteiger partial charge on any atom is -0.347 e. The number of hydrogen-bond acceptors (Lipinski definition) is 4. The molecular weight excluding hydrogens is 318 g/mol. The smallest absolute Gasteiger partial charge is 0.251 e. The average Bonchev–Trinajstić information content (AvgIpc) is 3.27. The van der Waals surface area contributed by atoms with Crippen molar-refractivity contribution in [1.29, 1.82) is 0 Å². The molecule has 1 N–H and O–H groups in total. The van der Waals surface area contributed by atoms with Gasteiger partial charge in [-0.15, -0.1) is 5.10 Å². The van der Waals surface area contributed by atoms with E-state index in [1.165, 1.54) is 11.0 Å². The Morgan fingerprint density at radius 3 is 2.56 bits per heavy atom. The van der Waals surface area contributed by atoms with Crippen LogP contribution < -0.4 is 10.2 Å².